The third-order valence-corrected chi connectivity index (χ3v) is 2.77. The van der Waals surface area contributed by atoms with Crippen LogP contribution in [-0.4, -0.2) is 18.2 Å². The summed E-state index contributed by atoms with van der Waals surface area (Å²) in [4.78, 5) is 12.0. The van der Waals surface area contributed by atoms with E-state index in [1.165, 1.54) is 7.11 Å². The van der Waals surface area contributed by atoms with Crippen LogP contribution in [0.3, 0.4) is 0 Å². The van der Waals surface area contributed by atoms with E-state index in [2.05, 4.69) is 4.74 Å². The van der Waals surface area contributed by atoms with Gasteiger partial charge in [-0.15, -0.1) is 11.3 Å². The predicted molar refractivity (Wildman–Crippen MR) is 46.6 cm³/mol. The summed E-state index contributed by atoms with van der Waals surface area (Å²) >= 11 is 6.83. The van der Waals surface area contributed by atoms with Gasteiger partial charge in [-0.1, -0.05) is 11.6 Å². The van der Waals surface area contributed by atoms with E-state index in [0.29, 0.717) is 14.8 Å². The van der Waals surface area contributed by atoms with Crippen molar-refractivity contribution in [2.24, 2.45) is 0 Å². The smallest absolute Gasteiger partial charge is 0.349 e. The van der Waals surface area contributed by atoms with Gasteiger partial charge in [0, 0.05) is 4.88 Å². The first kappa shape index (κ1) is 9.51. The van der Waals surface area contributed by atoms with Crippen LogP contribution in [-0.2, 0) is 11.3 Å². The van der Waals surface area contributed by atoms with E-state index in [-0.39, 0.29) is 6.61 Å². The van der Waals surface area contributed by atoms with Crippen LogP contribution in [0.1, 0.15) is 14.5 Å². The third kappa shape index (κ3) is 1.77. The normalized spacial score (nSPS) is 9.92. The number of halogens is 1. The first-order chi connectivity index (χ1) is 5.69. The van der Waals surface area contributed by atoms with Crippen molar-refractivity contribution in [1.29, 1.82) is 0 Å². The fraction of sp³-hybridized carbons (Fsp3) is 0.286. The van der Waals surface area contributed by atoms with Crippen molar-refractivity contribution in [3.05, 3.63) is 20.8 Å². The van der Waals surface area contributed by atoms with Crippen molar-refractivity contribution in [3.63, 3.8) is 0 Å². The van der Waals surface area contributed by atoms with Gasteiger partial charge in [0.15, 0.2) is 0 Å². The van der Waals surface area contributed by atoms with E-state index >= 15 is 0 Å². The molecule has 1 aromatic heterocycles. The molecule has 0 aliphatic heterocycles. The standard InChI is InChI=1S/C7H7ClO3S/c1-11-7(10)6-5(8)2-4(3-9)12-6/h2,9H,3H2,1H3. The number of aliphatic hydroxyl groups excluding tert-OH is 1. The van der Waals surface area contributed by atoms with Crippen LogP contribution in [0, 0.1) is 0 Å². The average Bonchev–Trinajstić information content (AvgIpc) is 2.45. The van der Waals surface area contributed by atoms with E-state index in [1.807, 2.05) is 0 Å². The summed E-state index contributed by atoms with van der Waals surface area (Å²) < 4.78 is 4.48. The molecule has 1 N–H and O–H groups in total. The number of rotatable bonds is 2. The lowest BCUT2D eigenvalue weighted by atomic mass is 10.4. The molecule has 12 heavy (non-hydrogen) atoms. The molecule has 0 fully saturated rings. The van der Waals surface area contributed by atoms with Gasteiger partial charge in [-0.05, 0) is 6.07 Å². The van der Waals surface area contributed by atoms with E-state index in [1.54, 1.807) is 6.07 Å². The minimum Gasteiger partial charge on any atom is -0.465 e. The van der Waals surface area contributed by atoms with Crippen LogP contribution in [0.25, 0.3) is 0 Å². The largest absolute Gasteiger partial charge is 0.465 e. The molecule has 0 spiro atoms. The van der Waals surface area contributed by atoms with Gasteiger partial charge in [-0.2, -0.15) is 0 Å². The van der Waals surface area contributed by atoms with Gasteiger partial charge in [-0.3, -0.25) is 0 Å². The number of hydrogen-bond donors (Lipinski definition) is 1. The quantitative estimate of drug-likeness (QED) is 0.749. The molecular weight excluding hydrogens is 200 g/mol. The Balaban J connectivity index is 2.99. The van der Waals surface area contributed by atoms with Crippen LogP contribution in [0.2, 0.25) is 5.02 Å². The second-order valence-electron chi connectivity index (χ2n) is 2.04. The molecule has 0 saturated carbocycles. The van der Waals surface area contributed by atoms with E-state index in [9.17, 15) is 4.79 Å². The Morgan fingerprint density at radius 2 is 2.50 bits per heavy atom. The van der Waals surface area contributed by atoms with Crippen molar-refractivity contribution < 1.29 is 14.6 Å². The molecule has 0 saturated heterocycles. The van der Waals surface area contributed by atoms with Crippen LogP contribution in [0.15, 0.2) is 6.07 Å². The lowest BCUT2D eigenvalue weighted by Gasteiger charge is -1.93. The monoisotopic (exact) mass is 206 g/mol. The van der Waals surface area contributed by atoms with Gasteiger partial charge < -0.3 is 9.84 Å². The summed E-state index contributed by atoms with van der Waals surface area (Å²) in [7, 11) is 1.29. The Kier molecular flexibility index (Phi) is 3.08. The van der Waals surface area contributed by atoms with Crippen LogP contribution in [0.4, 0.5) is 0 Å². The number of ether oxygens (including phenoxy) is 1. The highest BCUT2D eigenvalue weighted by Crippen LogP contribution is 2.27. The van der Waals surface area contributed by atoms with Gasteiger partial charge in [0.2, 0.25) is 0 Å². The third-order valence-electron chi connectivity index (χ3n) is 1.26. The van der Waals surface area contributed by atoms with Crippen LogP contribution < -0.4 is 0 Å². The predicted octanol–water partition coefficient (Wildman–Crippen LogP) is 1.68. The van der Waals surface area contributed by atoms with Gasteiger partial charge in [-0.25, -0.2) is 4.79 Å². The molecule has 0 atom stereocenters. The molecule has 0 aromatic carbocycles. The number of aliphatic hydroxyl groups is 1. The maximum absolute atomic E-state index is 11.0. The fourth-order valence-electron chi connectivity index (χ4n) is 0.726. The van der Waals surface area contributed by atoms with Crippen LogP contribution in [0.5, 0.6) is 0 Å². The molecular formula is C7H7ClO3S. The lowest BCUT2D eigenvalue weighted by Crippen LogP contribution is -1.97. The second-order valence-corrected chi connectivity index (χ2v) is 3.58. The Morgan fingerprint density at radius 1 is 1.83 bits per heavy atom. The molecule has 0 aliphatic carbocycles. The number of carbonyl (C=O) groups excluding carboxylic acids is 1. The number of thiophene rings is 1. The summed E-state index contributed by atoms with van der Waals surface area (Å²) in [6, 6.07) is 1.55. The first-order valence-corrected chi connectivity index (χ1v) is 4.36. The maximum Gasteiger partial charge on any atom is 0.349 e. The van der Waals surface area contributed by atoms with Gasteiger partial charge in [0.05, 0.1) is 18.7 Å². The molecule has 3 nitrogen and oxygen atoms in total. The molecule has 1 heterocycles. The number of hydrogen-bond acceptors (Lipinski definition) is 4. The molecule has 0 radical (unpaired) electrons. The molecule has 1 rings (SSSR count). The summed E-state index contributed by atoms with van der Waals surface area (Å²) in [6.45, 7) is -0.110. The number of methoxy groups -OCH3 is 1. The Morgan fingerprint density at radius 3 is 2.92 bits per heavy atom. The summed E-state index contributed by atoms with van der Waals surface area (Å²) in [6.07, 6.45) is 0. The maximum atomic E-state index is 11.0. The Labute approximate surface area is 78.5 Å². The molecule has 0 aliphatic rings. The molecule has 0 bridgehead atoms. The molecule has 66 valence electrons. The minimum absolute atomic E-state index is 0.110. The van der Waals surface area contributed by atoms with Crippen molar-refractivity contribution in [2.75, 3.05) is 7.11 Å². The zero-order valence-electron chi connectivity index (χ0n) is 6.33. The summed E-state index contributed by atoms with van der Waals surface area (Å²) in [5.74, 6) is -0.468. The topological polar surface area (TPSA) is 46.5 Å². The highest BCUT2D eigenvalue weighted by molar-refractivity contribution is 7.14. The van der Waals surface area contributed by atoms with Crippen molar-refractivity contribution in [2.45, 2.75) is 6.61 Å². The summed E-state index contributed by atoms with van der Waals surface area (Å²) in [5.41, 5.74) is 0. The Bertz CT molecular complexity index is 295. The van der Waals surface area contributed by atoms with Gasteiger partial charge >= 0.3 is 5.97 Å². The summed E-state index contributed by atoms with van der Waals surface area (Å²) in [5, 5.41) is 9.06. The average molecular weight is 207 g/mol. The highest BCUT2D eigenvalue weighted by Gasteiger charge is 2.14. The van der Waals surface area contributed by atoms with Crippen molar-refractivity contribution in [1.82, 2.24) is 0 Å². The highest BCUT2D eigenvalue weighted by atomic mass is 35.5. The first-order valence-electron chi connectivity index (χ1n) is 3.16. The molecule has 5 heteroatoms. The van der Waals surface area contributed by atoms with E-state index in [0.717, 1.165) is 11.3 Å². The lowest BCUT2D eigenvalue weighted by molar-refractivity contribution is 0.0606. The Hall–Kier alpha value is -0.580. The molecule has 0 amide bonds. The van der Waals surface area contributed by atoms with Crippen molar-refractivity contribution >= 4 is 28.9 Å². The zero-order chi connectivity index (χ0) is 9.14. The molecule has 0 unspecified atom stereocenters. The zero-order valence-corrected chi connectivity index (χ0v) is 7.91. The SMILES string of the molecule is COC(=O)c1sc(CO)cc1Cl. The van der Waals surface area contributed by atoms with Crippen molar-refractivity contribution in [3.8, 4) is 0 Å². The molecule has 1 aromatic rings. The van der Waals surface area contributed by atoms with Gasteiger partial charge in [0.1, 0.15) is 4.88 Å². The fourth-order valence-corrected chi connectivity index (χ4v) is 1.94. The second kappa shape index (κ2) is 3.89. The minimum atomic E-state index is -0.468. The van der Waals surface area contributed by atoms with Gasteiger partial charge in [0.25, 0.3) is 0 Å². The van der Waals surface area contributed by atoms with Crippen LogP contribution >= 0.6 is 22.9 Å². The number of carbonyl (C=O) groups is 1. The van der Waals surface area contributed by atoms with E-state index < -0.39 is 5.97 Å². The number of esters is 1. The van der Waals surface area contributed by atoms with E-state index in [4.69, 9.17) is 16.7 Å².